The molecule has 1 aliphatic heterocycles. The van der Waals surface area contributed by atoms with Crippen molar-refractivity contribution >= 4 is 11.7 Å². The van der Waals surface area contributed by atoms with E-state index in [4.69, 9.17) is 15.6 Å². The second-order valence-corrected chi connectivity index (χ2v) is 4.49. The third-order valence-electron chi connectivity index (χ3n) is 3.22. The number of ether oxygens (including phenoxy) is 1. The monoisotopic (exact) mass is 235 g/mol. The highest BCUT2D eigenvalue weighted by Gasteiger charge is 2.30. The Morgan fingerprint density at radius 2 is 2.35 bits per heavy atom. The summed E-state index contributed by atoms with van der Waals surface area (Å²) in [5.41, 5.74) is 7.44. The largest absolute Gasteiger partial charge is 0.490 e. The van der Waals surface area contributed by atoms with Crippen LogP contribution in [0.5, 0.6) is 5.75 Å². The van der Waals surface area contributed by atoms with Crippen LogP contribution < -0.4 is 10.5 Å². The van der Waals surface area contributed by atoms with Gasteiger partial charge in [0.2, 0.25) is 0 Å². The summed E-state index contributed by atoms with van der Waals surface area (Å²) in [6.07, 6.45) is 1.69. The Balaban J connectivity index is 2.23. The average molecular weight is 235 g/mol. The summed E-state index contributed by atoms with van der Waals surface area (Å²) in [5, 5.41) is 8.90. The van der Waals surface area contributed by atoms with E-state index >= 15 is 0 Å². The van der Waals surface area contributed by atoms with Crippen molar-refractivity contribution in [2.24, 2.45) is 5.92 Å². The van der Waals surface area contributed by atoms with E-state index in [0.29, 0.717) is 5.69 Å². The van der Waals surface area contributed by atoms with Gasteiger partial charge in [-0.1, -0.05) is 13.0 Å². The van der Waals surface area contributed by atoms with Crippen LogP contribution in [0.15, 0.2) is 18.2 Å². The summed E-state index contributed by atoms with van der Waals surface area (Å²) in [5.74, 6) is 0.0862. The number of nitrogens with two attached hydrogens (primary N) is 1. The lowest BCUT2D eigenvalue weighted by atomic mass is 9.87. The van der Waals surface area contributed by atoms with E-state index < -0.39 is 5.97 Å². The molecule has 0 radical (unpaired) electrons. The topological polar surface area (TPSA) is 72.5 Å². The van der Waals surface area contributed by atoms with Gasteiger partial charge in [-0.05, 0) is 24.5 Å². The van der Waals surface area contributed by atoms with Crippen LogP contribution in [0.4, 0.5) is 5.69 Å². The zero-order chi connectivity index (χ0) is 12.4. The van der Waals surface area contributed by atoms with Crippen LogP contribution in [-0.4, -0.2) is 17.2 Å². The van der Waals surface area contributed by atoms with E-state index in [2.05, 4.69) is 0 Å². The fraction of sp³-hybridized carbons (Fsp3) is 0.462. The lowest BCUT2D eigenvalue weighted by Crippen LogP contribution is -2.33. The van der Waals surface area contributed by atoms with E-state index in [1.165, 1.54) is 0 Å². The quantitative estimate of drug-likeness (QED) is 0.787. The summed E-state index contributed by atoms with van der Waals surface area (Å²) in [7, 11) is 0. The summed E-state index contributed by atoms with van der Waals surface area (Å²) < 4.78 is 5.83. The predicted molar refractivity (Wildman–Crippen MR) is 65.0 cm³/mol. The number of hydrogen-bond donors (Lipinski definition) is 2. The van der Waals surface area contributed by atoms with E-state index in [1.54, 1.807) is 0 Å². The molecule has 1 aromatic carbocycles. The smallest absolute Gasteiger partial charge is 0.303 e. The molecule has 3 N–H and O–H groups in total. The maximum absolute atomic E-state index is 10.8. The van der Waals surface area contributed by atoms with Gasteiger partial charge in [0.15, 0.2) is 0 Å². The first-order valence-corrected chi connectivity index (χ1v) is 5.87. The highest BCUT2D eigenvalue weighted by molar-refractivity contribution is 5.67. The summed E-state index contributed by atoms with van der Waals surface area (Å²) in [4.78, 5) is 10.8. The van der Waals surface area contributed by atoms with Gasteiger partial charge in [-0.3, -0.25) is 4.79 Å². The molecular weight excluding hydrogens is 218 g/mol. The number of carbonyl (C=O) groups is 1. The number of carboxylic acids is 1. The lowest BCUT2D eigenvalue weighted by Gasteiger charge is -2.32. The Bertz CT molecular complexity index is 431. The molecule has 17 heavy (non-hydrogen) atoms. The number of benzene rings is 1. The molecule has 0 aromatic heterocycles. The molecule has 0 spiro atoms. The minimum Gasteiger partial charge on any atom is -0.490 e. The van der Waals surface area contributed by atoms with Gasteiger partial charge in [-0.15, -0.1) is 0 Å². The molecule has 0 amide bonds. The highest BCUT2D eigenvalue weighted by Crippen LogP contribution is 2.34. The first-order valence-electron chi connectivity index (χ1n) is 5.87. The molecule has 0 fully saturated rings. The van der Waals surface area contributed by atoms with Gasteiger partial charge in [0.1, 0.15) is 11.9 Å². The number of hydrogen-bond acceptors (Lipinski definition) is 3. The van der Waals surface area contributed by atoms with Crippen LogP contribution in [0.1, 0.15) is 25.3 Å². The van der Waals surface area contributed by atoms with E-state index in [9.17, 15) is 4.79 Å². The van der Waals surface area contributed by atoms with Gasteiger partial charge < -0.3 is 15.6 Å². The van der Waals surface area contributed by atoms with Crippen molar-refractivity contribution < 1.29 is 14.6 Å². The van der Waals surface area contributed by atoms with Gasteiger partial charge in [0, 0.05) is 17.7 Å². The van der Waals surface area contributed by atoms with Crippen LogP contribution in [-0.2, 0) is 11.2 Å². The molecule has 92 valence electrons. The highest BCUT2D eigenvalue weighted by atomic mass is 16.5. The van der Waals surface area contributed by atoms with Gasteiger partial charge in [0.05, 0.1) is 6.42 Å². The molecule has 2 rings (SSSR count). The Labute approximate surface area is 100 Å². The number of fused-ring (bicyclic) bond motifs is 1. The normalized spacial score (nSPS) is 22.6. The first-order chi connectivity index (χ1) is 8.10. The molecule has 0 saturated carbocycles. The Morgan fingerprint density at radius 1 is 1.59 bits per heavy atom. The minimum absolute atomic E-state index is 0.0274. The molecule has 4 heteroatoms. The number of nitrogen functional groups attached to an aromatic ring is 1. The zero-order valence-corrected chi connectivity index (χ0v) is 9.85. The van der Waals surface area contributed by atoms with Crippen molar-refractivity contribution in [3.63, 3.8) is 0 Å². The van der Waals surface area contributed by atoms with Gasteiger partial charge >= 0.3 is 5.97 Å². The molecule has 2 unspecified atom stereocenters. The summed E-state index contributed by atoms with van der Waals surface area (Å²) in [6, 6.07) is 5.56. The van der Waals surface area contributed by atoms with Crippen molar-refractivity contribution in [3.05, 3.63) is 23.8 Å². The molecule has 0 bridgehead atoms. The van der Waals surface area contributed by atoms with Crippen molar-refractivity contribution in [1.29, 1.82) is 0 Å². The molecule has 1 aromatic rings. The van der Waals surface area contributed by atoms with Crippen molar-refractivity contribution in [2.45, 2.75) is 32.3 Å². The van der Waals surface area contributed by atoms with Crippen molar-refractivity contribution in [2.75, 3.05) is 5.73 Å². The standard InChI is InChI=1S/C13H17NO3/c1-2-11-9(6-13(15)16)5-8-3-4-10(14)7-12(8)17-11/h3-4,7,9,11H,2,5-6,14H2,1H3,(H,15,16). The second kappa shape index (κ2) is 4.65. The Hall–Kier alpha value is -1.71. The van der Waals surface area contributed by atoms with Crippen LogP contribution in [0.25, 0.3) is 0 Å². The number of aliphatic carboxylic acids is 1. The maximum atomic E-state index is 10.8. The van der Waals surface area contributed by atoms with Gasteiger partial charge in [-0.25, -0.2) is 0 Å². The summed E-state index contributed by atoms with van der Waals surface area (Å²) >= 11 is 0. The third-order valence-corrected chi connectivity index (χ3v) is 3.22. The van der Waals surface area contributed by atoms with Gasteiger partial charge in [-0.2, -0.15) is 0 Å². The van der Waals surface area contributed by atoms with E-state index in [0.717, 1.165) is 24.2 Å². The fourth-order valence-corrected chi connectivity index (χ4v) is 2.37. The number of rotatable bonds is 3. The van der Waals surface area contributed by atoms with Crippen LogP contribution in [0.2, 0.25) is 0 Å². The van der Waals surface area contributed by atoms with E-state index in [-0.39, 0.29) is 18.4 Å². The predicted octanol–water partition coefficient (Wildman–Crippen LogP) is 2.07. The van der Waals surface area contributed by atoms with Crippen LogP contribution in [0.3, 0.4) is 0 Å². The van der Waals surface area contributed by atoms with Gasteiger partial charge in [0.25, 0.3) is 0 Å². The maximum Gasteiger partial charge on any atom is 0.303 e. The van der Waals surface area contributed by atoms with E-state index in [1.807, 2.05) is 25.1 Å². The molecule has 0 aliphatic carbocycles. The Kier molecular flexibility index (Phi) is 3.22. The van der Waals surface area contributed by atoms with Crippen molar-refractivity contribution in [1.82, 2.24) is 0 Å². The van der Waals surface area contributed by atoms with Crippen molar-refractivity contribution in [3.8, 4) is 5.75 Å². The third kappa shape index (κ3) is 2.52. The minimum atomic E-state index is -0.768. The molecule has 0 saturated heterocycles. The fourth-order valence-electron chi connectivity index (χ4n) is 2.37. The molecular formula is C13H17NO3. The lowest BCUT2D eigenvalue weighted by molar-refractivity contribution is -0.139. The molecule has 1 aliphatic rings. The number of anilines is 1. The Morgan fingerprint density at radius 3 is 3.00 bits per heavy atom. The van der Waals surface area contributed by atoms with Crippen LogP contribution >= 0.6 is 0 Å². The first kappa shape index (κ1) is 11.8. The second-order valence-electron chi connectivity index (χ2n) is 4.49. The average Bonchev–Trinajstić information content (AvgIpc) is 2.28. The zero-order valence-electron chi connectivity index (χ0n) is 9.85. The molecule has 2 atom stereocenters. The van der Waals surface area contributed by atoms with Crippen LogP contribution in [0, 0.1) is 5.92 Å². The summed E-state index contributed by atoms with van der Waals surface area (Å²) in [6.45, 7) is 2.01. The number of carboxylic acid groups (broad SMARTS) is 1. The molecule has 1 heterocycles. The SMILES string of the molecule is CCC1Oc2cc(N)ccc2CC1CC(=O)O. The molecule has 4 nitrogen and oxygen atoms in total.